The van der Waals surface area contributed by atoms with E-state index >= 15 is 0 Å². The van der Waals surface area contributed by atoms with E-state index < -0.39 is 0 Å². The lowest BCUT2D eigenvalue weighted by Gasteiger charge is -2.40. The van der Waals surface area contributed by atoms with Crippen LogP contribution in [0.2, 0.25) is 10.0 Å². The molecule has 9 heteroatoms. The van der Waals surface area contributed by atoms with Crippen molar-refractivity contribution in [1.82, 2.24) is 10.2 Å². The smallest absolute Gasteiger partial charge is 0.293 e. The van der Waals surface area contributed by atoms with Gasteiger partial charge in [0.15, 0.2) is 5.76 Å². The predicted molar refractivity (Wildman–Crippen MR) is 187 cm³/mol. The first kappa shape index (κ1) is 33.0. The first-order valence-electron chi connectivity index (χ1n) is 16.4. The number of nitrogens with zero attached hydrogens (tertiary/aromatic N) is 1. The van der Waals surface area contributed by atoms with Gasteiger partial charge in [0.1, 0.15) is 11.5 Å². The van der Waals surface area contributed by atoms with Gasteiger partial charge in [0.05, 0.1) is 18.1 Å². The molecule has 0 amide bonds. The minimum atomic E-state index is 0.175. The average Bonchev–Trinajstić information content (AvgIpc) is 3.05. The molecule has 2 saturated heterocycles. The number of Topliss-reactive ketones (excluding diaryl/α,β-unsaturated/α-hetero) is 1. The molecule has 2 N–H and O–H groups in total. The topological polar surface area (TPSA) is 61.8 Å². The number of hydrogen-bond donors (Lipinski definition) is 3. The van der Waals surface area contributed by atoms with Crippen LogP contribution in [0.5, 0.6) is 0 Å². The number of piperidine rings is 2. The maximum atomic E-state index is 11.5. The Morgan fingerprint density at radius 1 is 0.907 bits per heavy atom. The van der Waals surface area contributed by atoms with Gasteiger partial charge in [0.2, 0.25) is 0 Å². The fourth-order valence-electron chi connectivity index (χ4n) is 5.73. The molecule has 2 aromatic carbocycles. The molecule has 4 aliphatic rings. The van der Waals surface area contributed by atoms with E-state index in [4.69, 9.17) is 30.2 Å². The standard InChI is InChI=1S/C16H20ClNO.C12H16ClN.C5H8O2S.CH4S/c17-14-3-1-12(2-4-14)11-13-7-9-18(10-8-13)15-5-6-16(15)19;13-12-3-1-10(2-4-12)9-11-5-7-14-8-6-11;1-8-7-5-3-2-4(5)6;1-2/h1-4,13,15H,5-11H2;1-4,11,14H,5-9H2;6H,2-3H2,1H3;2H,1H3/i;;1T;/hT. The van der Waals surface area contributed by atoms with Crippen LogP contribution in [-0.2, 0) is 21.8 Å². The third-order valence-electron chi connectivity index (χ3n) is 8.51. The molecule has 1 unspecified atom stereocenters. The molecule has 5 nitrogen and oxygen atoms in total. The Bertz CT molecular complexity index is 1160. The summed E-state index contributed by atoms with van der Waals surface area (Å²) in [5.74, 6) is 3.38. The van der Waals surface area contributed by atoms with Crippen molar-refractivity contribution in [1.29, 1.82) is 1.43 Å². The van der Waals surface area contributed by atoms with Gasteiger partial charge < -0.3 is 14.6 Å². The van der Waals surface area contributed by atoms with Crippen molar-refractivity contribution in [2.75, 3.05) is 38.7 Å². The van der Waals surface area contributed by atoms with E-state index in [2.05, 4.69) is 52.2 Å². The van der Waals surface area contributed by atoms with Gasteiger partial charge >= 0.3 is 0 Å². The molecule has 1 saturated carbocycles. The van der Waals surface area contributed by atoms with Crippen LogP contribution in [0.15, 0.2) is 60.0 Å². The molecule has 43 heavy (non-hydrogen) atoms. The van der Waals surface area contributed by atoms with Crippen LogP contribution in [0.4, 0.5) is 0 Å². The van der Waals surface area contributed by atoms with E-state index in [-0.39, 0.29) is 12.3 Å². The first-order chi connectivity index (χ1) is 21.9. The van der Waals surface area contributed by atoms with Crippen molar-refractivity contribution in [3.8, 4) is 0 Å². The number of allylic oxidation sites excluding steroid dienone is 2. The highest BCUT2D eigenvalue weighted by Gasteiger charge is 2.35. The quantitative estimate of drug-likeness (QED) is 0.193. The van der Waals surface area contributed by atoms with Crippen LogP contribution in [0.3, 0.4) is 0 Å². The molecule has 6 rings (SSSR count). The van der Waals surface area contributed by atoms with Gasteiger partial charge in [0, 0.05) is 36.9 Å². The monoisotopic (exact) mass is 670 g/mol. The number of carbonyl (C=O) groups is 1. The third kappa shape index (κ3) is 12.5. The van der Waals surface area contributed by atoms with Crippen LogP contribution >= 0.6 is 47.9 Å². The van der Waals surface area contributed by atoms with E-state index in [1.54, 1.807) is 6.26 Å². The molecule has 1 atom stereocenters. The van der Waals surface area contributed by atoms with Crippen molar-refractivity contribution in [2.45, 2.75) is 70.3 Å². The fourth-order valence-corrected chi connectivity index (χ4v) is 6.30. The minimum absolute atomic E-state index is 0.175. The number of halogens is 2. The number of carbonyl (C=O) groups excluding carboxylic acids is 1. The summed E-state index contributed by atoms with van der Waals surface area (Å²) in [7, 11) is 0. The van der Waals surface area contributed by atoms with Crippen LogP contribution in [-0.4, -0.2) is 60.5 Å². The highest BCUT2D eigenvalue weighted by molar-refractivity contribution is 7.94. The summed E-state index contributed by atoms with van der Waals surface area (Å²) in [5.41, 5.74) is 2.80. The highest BCUT2D eigenvalue weighted by Crippen LogP contribution is 2.29. The molecule has 0 radical (unpaired) electrons. The molecule has 0 spiro atoms. The van der Waals surface area contributed by atoms with Gasteiger partial charge in [-0.15, -0.1) is 0 Å². The Morgan fingerprint density at radius 2 is 1.47 bits per heavy atom. The van der Waals surface area contributed by atoms with E-state index in [1.165, 1.54) is 56.3 Å². The molecule has 2 aromatic rings. The number of nitrogens with one attached hydrogen (secondary N) is 1. The zero-order valence-electron chi connectivity index (χ0n) is 27.2. The summed E-state index contributed by atoms with van der Waals surface area (Å²) in [6.07, 6.45) is 12.8. The lowest BCUT2D eigenvalue weighted by molar-refractivity contribution is -0.132. The predicted octanol–water partition coefficient (Wildman–Crippen LogP) is 8.60. The second-order valence-corrected chi connectivity index (χ2v) is 12.7. The highest BCUT2D eigenvalue weighted by atomic mass is 35.5. The molecular formula is C34H48Cl2N2O3S2. The summed E-state index contributed by atoms with van der Waals surface area (Å²) in [6, 6.07) is 16.7. The number of aliphatic hydroxyl groups is 1. The van der Waals surface area contributed by atoms with Gasteiger partial charge in [-0.3, -0.25) is 9.69 Å². The Kier molecular flexibility index (Phi) is 15.3. The van der Waals surface area contributed by atoms with E-state index in [0.717, 1.165) is 79.1 Å². The molecule has 3 fully saturated rings. The number of hydrogen-bond acceptors (Lipinski definition) is 7. The average molecular weight is 672 g/mol. The molecule has 2 aliphatic heterocycles. The molecule has 238 valence electrons. The molecule has 0 aromatic heterocycles. The van der Waals surface area contributed by atoms with Gasteiger partial charge in [0.25, 0.3) is 1.43 Å². The summed E-state index contributed by atoms with van der Waals surface area (Å²) >= 11 is 16.3. The number of ketones is 1. The van der Waals surface area contributed by atoms with E-state index in [1.807, 2.05) is 24.3 Å². The van der Waals surface area contributed by atoms with Crippen molar-refractivity contribution >= 4 is 53.7 Å². The van der Waals surface area contributed by atoms with Gasteiger partial charge in [-0.25, -0.2) is 0 Å². The van der Waals surface area contributed by atoms with Gasteiger partial charge in [-0.05, 0) is 125 Å². The molecule has 2 heterocycles. The lowest BCUT2D eigenvalue weighted by atomic mass is 9.85. The number of thiol groups is 1. The van der Waals surface area contributed by atoms with Crippen LogP contribution in [0, 0.1) is 11.8 Å². The minimum Gasteiger partial charge on any atom is -0.509 e. The van der Waals surface area contributed by atoms with Crippen molar-refractivity contribution < 1.29 is 15.5 Å². The second kappa shape index (κ2) is 19.9. The fraction of sp³-hybridized carbons (Fsp3) is 0.559. The molecule has 0 bridgehead atoms. The zero-order chi connectivity index (χ0) is 32.4. The number of likely N-dealkylation sites (tertiary alicyclic amines) is 1. The van der Waals surface area contributed by atoms with Crippen LogP contribution in [0.1, 0.15) is 63.9 Å². The normalized spacial score (nSPS) is 21.2. The largest absolute Gasteiger partial charge is 0.509 e. The third-order valence-corrected chi connectivity index (χ3v) is 9.33. The Balaban J connectivity index is 0.000000188. The zero-order valence-corrected chi connectivity index (χ0v) is 28.5. The molecule has 2 aliphatic carbocycles. The second-order valence-electron chi connectivity index (χ2n) is 11.4. The van der Waals surface area contributed by atoms with Crippen LogP contribution < -0.4 is 5.32 Å². The Labute approximate surface area is 281 Å². The maximum Gasteiger partial charge on any atom is 0.293 e. The molecular weight excluding hydrogens is 619 g/mol. The Morgan fingerprint density at radius 3 is 1.88 bits per heavy atom. The lowest BCUT2D eigenvalue weighted by Crippen LogP contribution is -2.50. The number of aliphatic hydroxyl groups excluding tert-OH is 1. The van der Waals surface area contributed by atoms with Crippen LogP contribution in [0.25, 0.3) is 1.43 Å². The van der Waals surface area contributed by atoms with Crippen molar-refractivity contribution in [3.63, 3.8) is 0 Å². The maximum absolute atomic E-state index is 11.5. The van der Waals surface area contributed by atoms with E-state index in [9.17, 15) is 4.79 Å². The van der Waals surface area contributed by atoms with Gasteiger partial charge in [-0.1, -0.05) is 47.5 Å². The summed E-state index contributed by atoms with van der Waals surface area (Å²) in [5, 5.41) is 9.25. The number of rotatable bonds is 8. The Hall–Kier alpha value is -1.35. The number of benzene rings is 2. The first-order valence-corrected chi connectivity index (χ1v) is 17.9. The summed E-state index contributed by atoms with van der Waals surface area (Å²) < 4.78 is 18.3. The van der Waals surface area contributed by atoms with E-state index in [0.29, 0.717) is 17.3 Å². The van der Waals surface area contributed by atoms with Crippen molar-refractivity contribution in [2.24, 2.45) is 11.8 Å². The SMILES string of the molecule is CS.Clc1ccc(CC2CCNCC2)cc1.O=C1CCC1N1CCC(Cc2ccc(Cl)cc2)CC1.[3H]CSOC1=C(O[3H])CC1. The van der Waals surface area contributed by atoms with Gasteiger partial charge in [-0.2, -0.15) is 12.6 Å². The van der Waals surface area contributed by atoms with Crippen molar-refractivity contribution in [3.05, 3.63) is 81.2 Å². The summed E-state index contributed by atoms with van der Waals surface area (Å²) in [6.45, 7) is 4.54. The summed E-state index contributed by atoms with van der Waals surface area (Å²) in [4.78, 5) is 13.9.